The molecule has 2 saturated heterocycles. The maximum absolute atomic E-state index is 12.8. The van der Waals surface area contributed by atoms with E-state index in [1.807, 2.05) is 82.6 Å². The van der Waals surface area contributed by atoms with E-state index in [9.17, 15) is 18.9 Å². The van der Waals surface area contributed by atoms with Crippen LogP contribution in [0.4, 0.5) is 9.59 Å². The Hall–Kier alpha value is -3.61. The first kappa shape index (κ1) is 46.9. The Kier molecular flexibility index (Phi) is 17.0. The van der Waals surface area contributed by atoms with E-state index >= 15 is 0 Å². The zero-order valence-electron chi connectivity index (χ0n) is 33.7. The SMILES string of the molecule is CCC1C(c2cc3c(=O)cc[nH]c3s2)CCCN1C(=O)OCc1ccccc1.CCC1C(c2cc3c(Cl)ccnc3s2)CCCN1C(=O)OCc1ccccc1.O=P(Cl)(Cl)Cl. The molecule has 4 unspecified atom stereocenters. The molecule has 17 heteroatoms. The van der Waals surface area contributed by atoms with Crippen LogP contribution in [0.25, 0.3) is 20.4 Å². The molecule has 10 nitrogen and oxygen atoms in total. The van der Waals surface area contributed by atoms with E-state index in [1.54, 1.807) is 41.1 Å². The van der Waals surface area contributed by atoms with Crippen LogP contribution >= 0.6 is 73.2 Å². The summed E-state index contributed by atoms with van der Waals surface area (Å²) in [5, 5.41) is -0.751. The van der Waals surface area contributed by atoms with E-state index in [4.69, 9.17) is 21.1 Å². The monoisotopic (exact) mass is 962 g/mol. The Morgan fingerprint density at radius 2 is 1.26 bits per heavy atom. The number of aromatic amines is 1. The molecule has 2 amide bonds. The van der Waals surface area contributed by atoms with Crippen LogP contribution in [0.5, 0.6) is 0 Å². The average molecular weight is 965 g/mol. The van der Waals surface area contributed by atoms with Crippen molar-refractivity contribution >= 4 is 106 Å². The number of likely N-dealkylation sites (tertiary alicyclic amines) is 2. The summed E-state index contributed by atoms with van der Waals surface area (Å²) in [5.74, 6) is 0.520. The number of pyridine rings is 2. The van der Waals surface area contributed by atoms with Crippen LogP contribution in [0.3, 0.4) is 0 Å². The maximum atomic E-state index is 12.8. The minimum Gasteiger partial charge on any atom is -0.445 e. The highest BCUT2D eigenvalue weighted by atomic mass is 36.0. The highest BCUT2D eigenvalue weighted by Crippen LogP contribution is 2.61. The van der Waals surface area contributed by atoms with Gasteiger partial charge in [-0.15, -0.1) is 22.7 Å². The van der Waals surface area contributed by atoms with E-state index in [0.29, 0.717) is 19.1 Å². The van der Waals surface area contributed by atoms with Gasteiger partial charge in [-0.25, -0.2) is 14.6 Å². The van der Waals surface area contributed by atoms with Crippen LogP contribution in [0.2, 0.25) is 5.02 Å². The van der Waals surface area contributed by atoms with E-state index in [2.05, 4.69) is 63.6 Å². The van der Waals surface area contributed by atoms with Gasteiger partial charge in [0.15, 0.2) is 5.43 Å². The van der Waals surface area contributed by atoms with Crippen LogP contribution in [0, 0.1) is 0 Å². The average Bonchev–Trinajstić information content (AvgIpc) is 3.91. The van der Waals surface area contributed by atoms with Gasteiger partial charge in [0.1, 0.15) is 22.9 Å². The second-order valence-corrected chi connectivity index (χ2v) is 23.9. The number of aromatic nitrogens is 2. The lowest BCUT2D eigenvalue weighted by Crippen LogP contribution is -2.47. The number of halogens is 4. The van der Waals surface area contributed by atoms with Gasteiger partial charge in [0.05, 0.1) is 10.4 Å². The molecular weight excluding hydrogens is 917 g/mol. The van der Waals surface area contributed by atoms with Gasteiger partial charge in [-0.05, 0) is 102 Å². The summed E-state index contributed by atoms with van der Waals surface area (Å²) in [4.78, 5) is 53.4. The molecule has 0 bridgehead atoms. The van der Waals surface area contributed by atoms with Crippen molar-refractivity contribution in [2.45, 2.75) is 89.5 Å². The summed E-state index contributed by atoms with van der Waals surface area (Å²) in [6.07, 6.45) is 8.68. The van der Waals surface area contributed by atoms with Crippen molar-refractivity contribution in [1.82, 2.24) is 19.8 Å². The second kappa shape index (κ2) is 22.1. The van der Waals surface area contributed by atoms with Gasteiger partial charge < -0.3 is 24.3 Å². The predicted octanol–water partition coefficient (Wildman–Crippen LogP) is 13.9. The summed E-state index contributed by atoms with van der Waals surface area (Å²) in [6, 6.07) is 27.3. The van der Waals surface area contributed by atoms with Crippen molar-refractivity contribution in [3.8, 4) is 0 Å². The summed E-state index contributed by atoms with van der Waals surface area (Å²) >= 11 is 23.5. The molecule has 4 aromatic heterocycles. The van der Waals surface area contributed by atoms with Crippen molar-refractivity contribution in [3.63, 3.8) is 0 Å². The third-order valence-electron chi connectivity index (χ3n) is 10.9. The Morgan fingerprint density at radius 1 is 0.770 bits per heavy atom. The second-order valence-electron chi connectivity index (χ2n) is 14.7. The van der Waals surface area contributed by atoms with Gasteiger partial charge in [0.25, 0.3) is 0 Å². The van der Waals surface area contributed by atoms with Gasteiger partial charge in [-0.1, -0.05) is 86.1 Å². The summed E-state index contributed by atoms with van der Waals surface area (Å²) in [6.45, 7) is 6.30. The lowest BCUT2D eigenvalue weighted by molar-refractivity contribution is 0.0601. The van der Waals surface area contributed by atoms with Gasteiger partial charge in [-0.2, -0.15) is 0 Å². The van der Waals surface area contributed by atoms with Crippen molar-refractivity contribution in [2.75, 3.05) is 13.1 Å². The number of piperidine rings is 2. The molecule has 6 heterocycles. The van der Waals surface area contributed by atoms with Crippen molar-refractivity contribution in [2.24, 2.45) is 0 Å². The Balaban J connectivity index is 0.000000184. The molecule has 61 heavy (non-hydrogen) atoms. The van der Waals surface area contributed by atoms with Crippen LogP contribution in [0.15, 0.2) is 102 Å². The van der Waals surface area contributed by atoms with Crippen LogP contribution in [-0.2, 0) is 27.3 Å². The number of rotatable bonds is 8. The number of ether oxygens (including phenoxy) is 2. The smallest absolute Gasteiger partial charge is 0.410 e. The number of nitrogens with zero attached hydrogens (tertiary/aromatic N) is 3. The molecule has 0 aliphatic carbocycles. The molecule has 6 aromatic rings. The number of H-pyrrole nitrogens is 1. The fourth-order valence-electron chi connectivity index (χ4n) is 8.12. The van der Waals surface area contributed by atoms with Crippen molar-refractivity contribution in [3.05, 3.63) is 133 Å². The number of hydrogen-bond acceptors (Lipinski definition) is 9. The first-order valence-electron chi connectivity index (χ1n) is 20.1. The molecule has 8 rings (SSSR count). The third-order valence-corrected chi connectivity index (χ3v) is 13.6. The minimum atomic E-state index is -3.22. The number of benzene rings is 2. The zero-order valence-corrected chi connectivity index (χ0v) is 39.2. The molecule has 2 fully saturated rings. The minimum absolute atomic E-state index is 0.0410. The summed E-state index contributed by atoms with van der Waals surface area (Å²) < 4.78 is 20.7. The first-order valence-corrected chi connectivity index (χ1v) is 26.6. The van der Waals surface area contributed by atoms with E-state index in [0.717, 1.165) is 81.7 Å². The van der Waals surface area contributed by atoms with Gasteiger partial charge in [-0.3, -0.25) is 9.36 Å². The maximum Gasteiger partial charge on any atom is 0.410 e. The molecule has 2 aliphatic heterocycles. The Labute approximate surface area is 382 Å². The number of thiophene rings is 2. The number of amides is 2. The Morgan fingerprint density at radius 3 is 1.74 bits per heavy atom. The molecule has 0 spiro atoms. The molecule has 324 valence electrons. The normalized spacial score (nSPS) is 19.0. The molecule has 0 radical (unpaired) electrons. The fraction of sp³-hybridized carbons (Fsp3) is 0.364. The molecule has 4 atom stereocenters. The van der Waals surface area contributed by atoms with Gasteiger partial charge in [0.2, 0.25) is 0 Å². The largest absolute Gasteiger partial charge is 0.445 e. The van der Waals surface area contributed by atoms with Crippen molar-refractivity contribution in [1.29, 1.82) is 0 Å². The fourth-order valence-corrected chi connectivity index (χ4v) is 10.8. The van der Waals surface area contributed by atoms with Gasteiger partial charge >= 0.3 is 17.4 Å². The van der Waals surface area contributed by atoms with Gasteiger partial charge in [0, 0.05) is 70.6 Å². The number of hydrogen-bond donors (Lipinski definition) is 1. The number of carbonyl (C=O) groups is 2. The molecular formula is C44H47Cl4N4O6PS2. The standard InChI is InChI=1S/C22H23ClN2O2S.C22H24N2O3S.Cl3OP/c1-2-19-16(20-13-17-18(23)10-11-24-21(17)28-20)9-6-12-25(19)22(26)27-14-15-7-4-3-5-8-15;1-2-18-16(20-13-17-19(25)10-11-23-21(17)28-20)9-6-12-24(18)22(26)27-14-15-7-4-3-5-8-15;1-5(2,3)4/h3-5,7-8,10-11,13,16,19H,2,6,9,12,14H2,1H3;3-5,7-8,10-11,13,16,18H,2,6,9,12,14H2,1H3,(H,23,25);. The number of carbonyl (C=O) groups excluding carboxylic acids is 2. The van der Waals surface area contributed by atoms with E-state index < -0.39 is 5.20 Å². The summed E-state index contributed by atoms with van der Waals surface area (Å²) in [7, 11) is 0. The zero-order chi connectivity index (χ0) is 43.5. The topological polar surface area (TPSA) is 122 Å². The lowest BCUT2D eigenvalue weighted by atomic mass is 9.86. The van der Waals surface area contributed by atoms with E-state index in [-0.39, 0.29) is 42.2 Å². The van der Waals surface area contributed by atoms with E-state index in [1.165, 1.54) is 9.75 Å². The number of nitrogens with one attached hydrogen (secondary N) is 1. The molecule has 1 N–H and O–H groups in total. The quantitative estimate of drug-likeness (QED) is 0.151. The van der Waals surface area contributed by atoms with Crippen LogP contribution in [-0.4, -0.2) is 57.1 Å². The van der Waals surface area contributed by atoms with Crippen molar-refractivity contribution < 1.29 is 23.6 Å². The first-order chi connectivity index (χ1) is 29.3. The molecule has 2 aliphatic rings. The Bertz CT molecular complexity index is 2480. The van der Waals surface area contributed by atoms with Crippen LogP contribution in [0.1, 0.15) is 85.1 Å². The van der Waals surface area contributed by atoms with Crippen LogP contribution < -0.4 is 5.43 Å². The third kappa shape index (κ3) is 12.7. The highest BCUT2D eigenvalue weighted by molar-refractivity contribution is 8.24. The lowest BCUT2D eigenvalue weighted by Gasteiger charge is -2.40. The number of fused-ring (bicyclic) bond motifs is 2. The molecule has 0 saturated carbocycles. The summed E-state index contributed by atoms with van der Waals surface area (Å²) in [5.41, 5.74) is 2.03. The predicted molar refractivity (Wildman–Crippen MR) is 251 cm³/mol. The molecule has 2 aromatic carbocycles. The highest BCUT2D eigenvalue weighted by Gasteiger charge is 2.37.